The van der Waals surface area contributed by atoms with E-state index in [9.17, 15) is 0 Å². The first kappa shape index (κ1) is 21.9. The van der Waals surface area contributed by atoms with Crippen molar-refractivity contribution in [2.75, 3.05) is 36.4 Å². The maximum Gasteiger partial charge on any atom is 0.223 e. The largest absolute Gasteiger partial charge is 0.354 e. The topological polar surface area (TPSA) is 90.7 Å². The summed E-state index contributed by atoms with van der Waals surface area (Å²) in [6, 6.07) is 4.38. The van der Waals surface area contributed by atoms with Gasteiger partial charge in [0.05, 0.1) is 17.4 Å². The molecule has 2 aromatic rings. The van der Waals surface area contributed by atoms with Crippen LogP contribution in [0, 0.1) is 0 Å². The highest BCUT2D eigenvalue weighted by atomic mass is 15.2. The van der Waals surface area contributed by atoms with E-state index in [-0.39, 0.29) is 6.04 Å². The third kappa shape index (κ3) is 4.93. The van der Waals surface area contributed by atoms with Crippen LogP contribution < -0.4 is 15.5 Å². The third-order valence-electron chi connectivity index (χ3n) is 6.81. The van der Waals surface area contributed by atoms with Crippen LogP contribution in [0.25, 0.3) is 5.57 Å². The van der Waals surface area contributed by atoms with Crippen molar-refractivity contribution in [1.82, 2.24) is 20.3 Å². The van der Waals surface area contributed by atoms with Gasteiger partial charge in [-0.25, -0.2) is 15.0 Å². The number of anilines is 2. The van der Waals surface area contributed by atoms with E-state index in [1.54, 1.807) is 0 Å². The molecule has 6 rings (SSSR count). The van der Waals surface area contributed by atoms with E-state index in [4.69, 9.17) is 9.98 Å². The molecule has 8 heteroatoms. The molecule has 3 aliphatic heterocycles. The molecule has 1 atom stereocenters. The number of allylic oxidation sites excluding steroid dienone is 4. The zero-order valence-electron chi connectivity index (χ0n) is 19.8. The van der Waals surface area contributed by atoms with Gasteiger partial charge in [-0.1, -0.05) is 12.1 Å². The molecule has 0 spiro atoms. The van der Waals surface area contributed by atoms with Crippen molar-refractivity contribution in [2.45, 2.75) is 38.3 Å². The van der Waals surface area contributed by atoms with Crippen molar-refractivity contribution < 1.29 is 0 Å². The predicted octanol–water partition coefficient (Wildman–Crippen LogP) is 3.35. The Kier molecular flexibility index (Phi) is 6.19. The molecule has 0 radical (unpaired) electrons. The zero-order chi connectivity index (χ0) is 23.5. The van der Waals surface area contributed by atoms with Gasteiger partial charge in [-0.3, -0.25) is 9.98 Å². The number of rotatable bonds is 5. The van der Waals surface area contributed by atoms with Gasteiger partial charge in [0.15, 0.2) is 0 Å². The van der Waals surface area contributed by atoms with Crippen molar-refractivity contribution in [2.24, 2.45) is 9.98 Å². The Morgan fingerprint density at radius 3 is 2.91 bits per heavy atom. The molecule has 2 aromatic heterocycles. The van der Waals surface area contributed by atoms with Gasteiger partial charge in [0, 0.05) is 74.6 Å². The number of nitrogens with one attached hydrogen (secondary N) is 2. The van der Waals surface area contributed by atoms with E-state index in [1.165, 1.54) is 0 Å². The molecular formula is C27H30N8. The Morgan fingerprint density at radius 1 is 1.09 bits per heavy atom. The van der Waals surface area contributed by atoms with Crippen LogP contribution in [0.1, 0.15) is 36.1 Å². The summed E-state index contributed by atoms with van der Waals surface area (Å²) in [4.78, 5) is 26.0. The van der Waals surface area contributed by atoms with Gasteiger partial charge >= 0.3 is 0 Å². The quantitative estimate of drug-likeness (QED) is 0.702. The smallest absolute Gasteiger partial charge is 0.223 e. The molecule has 178 valence electrons. The van der Waals surface area contributed by atoms with Gasteiger partial charge in [-0.15, -0.1) is 0 Å². The Bertz CT molecular complexity index is 1230. The zero-order valence-corrected chi connectivity index (χ0v) is 19.8. The summed E-state index contributed by atoms with van der Waals surface area (Å²) in [6.45, 7) is 4.65. The second kappa shape index (κ2) is 9.92. The minimum Gasteiger partial charge on any atom is -0.354 e. The molecular weight excluding hydrogens is 436 g/mol. The Morgan fingerprint density at radius 2 is 2.03 bits per heavy atom. The van der Waals surface area contributed by atoms with Crippen LogP contribution in [0.15, 0.2) is 65.0 Å². The molecule has 1 saturated heterocycles. The summed E-state index contributed by atoms with van der Waals surface area (Å²) in [5, 5.41) is 6.77. The first-order valence-corrected chi connectivity index (χ1v) is 12.5. The fraction of sp³-hybridized carbons (Fsp3) is 0.370. The SMILES string of the molecule is C1=CC2CC(=N1)C=CC(C1=CCCCc3nc(NCc4ccc(N5CCNCC5)nc4)ncc31)=N2. The summed E-state index contributed by atoms with van der Waals surface area (Å²) in [7, 11) is 0. The number of hydrogen-bond acceptors (Lipinski definition) is 8. The van der Waals surface area contributed by atoms with Gasteiger partial charge in [0.25, 0.3) is 0 Å². The van der Waals surface area contributed by atoms with Gasteiger partial charge in [0.1, 0.15) is 5.82 Å². The van der Waals surface area contributed by atoms with E-state index in [2.05, 4.69) is 66.9 Å². The van der Waals surface area contributed by atoms with Crippen LogP contribution in [0.5, 0.6) is 0 Å². The first-order valence-electron chi connectivity index (χ1n) is 12.5. The second-order valence-electron chi connectivity index (χ2n) is 9.26. The van der Waals surface area contributed by atoms with Crippen LogP contribution in [0.4, 0.5) is 11.8 Å². The molecule has 1 unspecified atom stereocenters. The lowest BCUT2D eigenvalue weighted by molar-refractivity contribution is 0.585. The fourth-order valence-corrected chi connectivity index (χ4v) is 4.90. The first-order chi connectivity index (χ1) is 17.3. The number of fused-ring (bicyclic) bond motifs is 3. The fourth-order valence-electron chi connectivity index (χ4n) is 4.90. The monoisotopic (exact) mass is 466 g/mol. The number of aliphatic imine (C=N–C) groups is 2. The number of aromatic nitrogens is 3. The van der Waals surface area contributed by atoms with Crippen molar-refractivity contribution in [1.29, 1.82) is 0 Å². The molecule has 5 heterocycles. The number of piperazine rings is 1. The average Bonchev–Trinajstić information content (AvgIpc) is 3.21. The summed E-state index contributed by atoms with van der Waals surface area (Å²) >= 11 is 0. The van der Waals surface area contributed by atoms with Crippen LogP contribution in [0.3, 0.4) is 0 Å². The summed E-state index contributed by atoms with van der Waals surface area (Å²) in [5.41, 5.74) is 6.49. The van der Waals surface area contributed by atoms with Crippen molar-refractivity contribution in [3.05, 3.63) is 71.9 Å². The predicted molar refractivity (Wildman–Crippen MR) is 141 cm³/mol. The Balaban J connectivity index is 1.17. The number of aryl methyl sites for hydroxylation is 1. The maximum absolute atomic E-state index is 5.01. The number of pyridine rings is 1. The maximum atomic E-state index is 5.01. The lowest BCUT2D eigenvalue weighted by Crippen LogP contribution is -2.43. The van der Waals surface area contributed by atoms with Gasteiger partial charge in [-0.2, -0.15) is 0 Å². The van der Waals surface area contributed by atoms with Crippen molar-refractivity contribution in [3.63, 3.8) is 0 Å². The molecule has 0 amide bonds. The molecule has 0 aromatic carbocycles. The lowest BCUT2D eigenvalue weighted by Gasteiger charge is -2.28. The average molecular weight is 467 g/mol. The van der Waals surface area contributed by atoms with E-state index in [1.807, 2.05) is 18.6 Å². The minimum atomic E-state index is 0.147. The second-order valence-corrected chi connectivity index (χ2v) is 9.26. The van der Waals surface area contributed by atoms with Gasteiger partial charge in [0.2, 0.25) is 5.95 Å². The van der Waals surface area contributed by atoms with Gasteiger partial charge in [-0.05, 0) is 49.1 Å². The van der Waals surface area contributed by atoms with Crippen LogP contribution in [-0.4, -0.2) is 58.6 Å². The Hall–Kier alpha value is -3.65. The molecule has 1 aliphatic carbocycles. The van der Waals surface area contributed by atoms with Crippen molar-refractivity contribution in [3.8, 4) is 0 Å². The van der Waals surface area contributed by atoms with E-state index in [0.29, 0.717) is 12.5 Å². The van der Waals surface area contributed by atoms with Crippen LogP contribution in [0.2, 0.25) is 0 Å². The molecule has 2 bridgehead atoms. The highest BCUT2D eigenvalue weighted by Crippen LogP contribution is 2.28. The summed E-state index contributed by atoms with van der Waals surface area (Å²) < 4.78 is 0. The minimum absolute atomic E-state index is 0.147. The summed E-state index contributed by atoms with van der Waals surface area (Å²) in [5.74, 6) is 1.69. The van der Waals surface area contributed by atoms with Crippen LogP contribution >= 0.6 is 0 Å². The number of nitrogens with zero attached hydrogens (tertiary/aromatic N) is 6. The van der Waals surface area contributed by atoms with Crippen LogP contribution in [-0.2, 0) is 13.0 Å². The van der Waals surface area contributed by atoms with Gasteiger partial charge < -0.3 is 15.5 Å². The normalized spacial score (nSPS) is 21.3. The highest BCUT2D eigenvalue weighted by Gasteiger charge is 2.21. The molecule has 35 heavy (non-hydrogen) atoms. The van der Waals surface area contributed by atoms with E-state index in [0.717, 1.165) is 91.5 Å². The standard InChI is InChI=1S/C27H30N8/c1-2-4-24-23(22(3-1)25-7-6-20-15-21(33-25)9-10-29-20)18-32-27(34-24)31-17-19-5-8-26(30-16-19)35-13-11-28-12-14-35/h3,5-10,16,18,21,28H,1-2,4,11-15,17H2,(H,31,32,34). The highest BCUT2D eigenvalue weighted by molar-refractivity contribution is 6.31. The Labute approximate surface area is 205 Å². The molecule has 2 N–H and O–H groups in total. The summed E-state index contributed by atoms with van der Waals surface area (Å²) in [6.07, 6.45) is 18.2. The number of hydrogen-bond donors (Lipinski definition) is 2. The van der Waals surface area contributed by atoms with E-state index < -0.39 is 0 Å². The van der Waals surface area contributed by atoms with E-state index >= 15 is 0 Å². The third-order valence-corrected chi connectivity index (χ3v) is 6.81. The molecule has 0 saturated carbocycles. The molecule has 4 aliphatic rings. The molecule has 1 fully saturated rings. The lowest BCUT2D eigenvalue weighted by atomic mass is 10.0. The van der Waals surface area contributed by atoms with Crippen molar-refractivity contribution >= 4 is 28.8 Å². The molecule has 8 nitrogen and oxygen atoms in total.